The van der Waals surface area contributed by atoms with Gasteiger partial charge < -0.3 is 15.0 Å². The van der Waals surface area contributed by atoms with E-state index in [0.29, 0.717) is 31.6 Å². The number of anilines is 1. The fraction of sp³-hybridized carbons (Fsp3) is 0.529. The van der Waals surface area contributed by atoms with Crippen molar-refractivity contribution in [3.05, 3.63) is 18.2 Å². The monoisotopic (exact) mass is 380 g/mol. The van der Waals surface area contributed by atoms with Gasteiger partial charge >= 0.3 is 0 Å². The number of nitrogens with one attached hydrogen (secondary N) is 2. The molecule has 0 spiro atoms. The van der Waals surface area contributed by atoms with Crippen LogP contribution in [0.5, 0.6) is 5.75 Å². The van der Waals surface area contributed by atoms with Gasteiger partial charge in [0.05, 0.1) is 7.11 Å². The van der Waals surface area contributed by atoms with Crippen LogP contribution in [0.4, 0.5) is 5.69 Å². The topological polar surface area (TPSA) is 112 Å². The van der Waals surface area contributed by atoms with E-state index >= 15 is 0 Å². The minimum absolute atomic E-state index is 0.0382. The second-order valence-electron chi connectivity index (χ2n) is 6.17. The lowest BCUT2D eigenvalue weighted by atomic mass is 10.2. The van der Waals surface area contributed by atoms with E-state index in [1.165, 1.54) is 24.1 Å². The Morgan fingerprint density at radius 3 is 2.85 bits per heavy atom. The van der Waals surface area contributed by atoms with Gasteiger partial charge in [-0.1, -0.05) is 13.3 Å². The van der Waals surface area contributed by atoms with Crippen LogP contribution in [0.25, 0.3) is 0 Å². The number of rotatable bonds is 8. The Hall–Kier alpha value is -2.31. The van der Waals surface area contributed by atoms with Gasteiger partial charge in [0.25, 0.3) is 0 Å². The van der Waals surface area contributed by atoms with Gasteiger partial charge in [-0.25, -0.2) is 13.1 Å². The third-order valence-corrected chi connectivity index (χ3v) is 5.69. The average Bonchev–Trinajstić information content (AvgIpc) is 3.06. The van der Waals surface area contributed by atoms with Crippen LogP contribution in [-0.2, 0) is 14.8 Å². The number of sulfonamides is 1. The Bertz CT molecular complexity index is 788. The van der Waals surface area contributed by atoms with Gasteiger partial charge in [0.15, 0.2) is 6.19 Å². The van der Waals surface area contributed by atoms with Crippen molar-refractivity contribution >= 4 is 21.6 Å². The highest BCUT2D eigenvalue weighted by atomic mass is 32.2. The zero-order valence-corrected chi connectivity index (χ0v) is 15.8. The molecule has 1 aliphatic rings. The van der Waals surface area contributed by atoms with Gasteiger partial charge in [-0.3, -0.25) is 4.79 Å². The molecule has 1 saturated heterocycles. The standard InChI is InChI=1S/C17H24N4O4S/c1-3-4-5-17(22)19-13-6-7-15(25-2)16(10-13)26(23,24)20-14-8-9-21(11-14)12-18/h6-7,10,14,20H,3-5,8-9,11H2,1-2H3,(H,19,22)/t14-/m1/s1. The summed E-state index contributed by atoms with van der Waals surface area (Å²) in [5.41, 5.74) is 0.400. The number of carbonyl (C=O) groups excluding carboxylic acids is 1. The molecule has 0 aromatic heterocycles. The molecule has 2 rings (SSSR count). The minimum atomic E-state index is -3.86. The number of likely N-dealkylation sites (tertiary alicyclic amines) is 1. The normalized spacial score (nSPS) is 17.0. The van der Waals surface area contributed by atoms with Crippen molar-refractivity contribution in [1.82, 2.24) is 9.62 Å². The molecule has 1 heterocycles. The van der Waals surface area contributed by atoms with Crippen molar-refractivity contribution in [2.45, 2.75) is 43.5 Å². The number of carbonyl (C=O) groups is 1. The molecule has 1 fully saturated rings. The quantitative estimate of drug-likeness (QED) is 0.664. The number of nitriles is 1. The lowest BCUT2D eigenvalue weighted by molar-refractivity contribution is -0.116. The fourth-order valence-electron chi connectivity index (χ4n) is 2.76. The molecule has 1 aromatic carbocycles. The number of hydrogen-bond donors (Lipinski definition) is 2. The zero-order valence-electron chi connectivity index (χ0n) is 15.0. The molecule has 2 N–H and O–H groups in total. The van der Waals surface area contributed by atoms with Gasteiger partial charge in [-0.05, 0) is 31.0 Å². The lowest BCUT2D eigenvalue weighted by Crippen LogP contribution is -2.36. The molecule has 142 valence electrons. The van der Waals surface area contributed by atoms with Crippen molar-refractivity contribution in [3.63, 3.8) is 0 Å². The fourth-order valence-corrected chi connectivity index (χ4v) is 4.21. The third-order valence-electron chi connectivity index (χ3n) is 4.15. The summed E-state index contributed by atoms with van der Waals surface area (Å²) in [5, 5.41) is 11.6. The molecule has 1 amide bonds. The van der Waals surface area contributed by atoms with E-state index in [4.69, 9.17) is 10.00 Å². The van der Waals surface area contributed by atoms with Gasteiger partial charge in [0.2, 0.25) is 15.9 Å². The summed E-state index contributed by atoms with van der Waals surface area (Å²) in [6.07, 6.45) is 4.63. The molecule has 1 aliphatic heterocycles. The highest BCUT2D eigenvalue weighted by Gasteiger charge is 2.29. The maximum Gasteiger partial charge on any atom is 0.244 e. The summed E-state index contributed by atoms with van der Waals surface area (Å²) in [7, 11) is -2.47. The second-order valence-corrected chi connectivity index (χ2v) is 7.85. The Kier molecular flexibility index (Phi) is 6.83. The Morgan fingerprint density at radius 2 is 2.23 bits per heavy atom. The van der Waals surface area contributed by atoms with Crippen LogP contribution < -0.4 is 14.8 Å². The molecular formula is C17H24N4O4S. The van der Waals surface area contributed by atoms with Crippen LogP contribution in [0.15, 0.2) is 23.1 Å². The predicted octanol–water partition coefficient (Wildman–Crippen LogP) is 1.66. The molecular weight excluding hydrogens is 356 g/mol. The SMILES string of the molecule is CCCCC(=O)Nc1ccc(OC)c(S(=O)(=O)N[C@@H]2CCN(C#N)C2)c1. The Balaban J connectivity index is 2.18. The molecule has 1 aromatic rings. The molecule has 1 atom stereocenters. The van der Waals surface area contributed by atoms with Crippen LogP contribution >= 0.6 is 0 Å². The average molecular weight is 380 g/mol. The first kappa shape index (κ1) is 20.0. The minimum Gasteiger partial charge on any atom is -0.495 e. The van der Waals surface area contributed by atoms with Crippen LogP contribution in [0.3, 0.4) is 0 Å². The first-order valence-electron chi connectivity index (χ1n) is 8.54. The smallest absolute Gasteiger partial charge is 0.244 e. The molecule has 0 saturated carbocycles. The summed E-state index contributed by atoms with van der Waals surface area (Å²) >= 11 is 0. The number of methoxy groups -OCH3 is 1. The number of amides is 1. The summed E-state index contributed by atoms with van der Waals surface area (Å²) in [5.74, 6) is 0.0352. The van der Waals surface area contributed by atoms with Crippen molar-refractivity contribution in [2.24, 2.45) is 0 Å². The molecule has 0 radical (unpaired) electrons. The number of ether oxygens (including phenoxy) is 1. The zero-order chi connectivity index (χ0) is 19.2. The van der Waals surface area contributed by atoms with E-state index < -0.39 is 10.0 Å². The first-order chi connectivity index (χ1) is 12.4. The number of benzene rings is 1. The van der Waals surface area contributed by atoms with Gasteiger partial charge in [0.1, 0.15) is 10.6 Å². The Morgan fingerprint density at radius 1 is 1.46 bits per heavy atom. The van der Waals surface area contributed by atoms with E-state index in [9.17, 15) is 13.2 Å². The van der Waals surface area contributed by atoms with E-state index in [2.05, 4.69) is 10.0 Å². The van der Waals surface area contributed by atoms with Gasteiger partial charge in [-0.15, -0.1) is 0 Å². The maximum absolute atomic E-state index is 12.8. The summed E-state index contributed by atoms with van der Waals surface area (Å²) in [6, 6.07) is 4.17. The van der Waals surface area contributed by atoms with Crippen molar-refractivity contribution in [2.75, 3.05) is 25.5 Å². The van der Waals surface area contributed by atoms with E-state index in [-0.39, 0.29) is 22.6 Å². The molecule has 0 unspecified atom stereocenters. The number of nitrogens with zero attached hydrogens (tertiary/aromatic N) is 2. The number of unbranched alkanes of at least 4 members (excludes halogenated alkanes) is 1. The van der Waals surface area contributed by atoms with E-state index in [1.54, 1.807) is 6.07 Å². The molecule has 0 bridgehead atoms. The van der Waals surface area contributed by atoms with Crippen molar-refractivity contribution in [3.8, 4) is 11.9 Å². The summed E-state index contributed by atoms with van der Waals surface area (Å²) < 4.78 is 33.3. The molecule has 9 heteroatoms. The second kappa shape index (κ2) is 8.87. The van der Waals surface area contributed by atoms with Crippen LogP contribution in [0, 0.1) is 11.5 Å². The summed E-state index contributed by atoms with van der Waals surface area (Å²) in [4.78, 5) is 13.4. The molecule has 26 heavy (non-hydrogen) atoms. The maximum atomic E-state index is 12.8. The molecule has 0 aliphatic carbocycles. The van der Waals surface area contributed by atoms with Crippen LogP contribution in [-0.4, -0.2) is 45.5 Å². The summed E-state index contributed by atoms with van der Waals surface area (Å²) in [6.45, 7) is 2.85. The predicted molar refractivity (Wildman–Crippen MR) is 97.1 cm³/mol. The van der Waals surface area contributed by atoms with Crippen molar-refractivity contribution in [1.29, 1.82) is 5.26 Å². The lowest BCUT2D eigenvalue weighted by Gasteiger charge is -2.16. The highest BCUT2D eigenvalue weighted by Crippen LogP contribution is 2.28. The van der Waals surface area contributed by atoms with E-state index in [0.717, 1.165) is 12.8 Å². The first-order valence-corrected chi connectivity index (χ1v) is 10.0. The largest absolute Gasteiger partial charge is 0.495 e. The van der Waals surface area contributed by atoms with Crippen molar-refractivity contribution < 1.29 is 17.9 Å². The third kappa shape index (κ3) is 5.09. The molecule has 8 nitrogen and oxygen atoms in total. The van der Waals surface area contributed by atoms with Crippen LogP contribution in [0.2, 0.25) is 0 Å². The van der Waals surface area contributed by atoms with Crippen LogP contribution in [0.1, 0.15) is 32.6 Å². The van der Waals surface area contributed by atoms with Gasteiger partial charge in [0, 0.05) is 31.2 Å². The Labute approximate surface area is 154 Å². The number of hydrogen-bond acceptors (Lipinski definition) is 6. The van der Waals surface area contributed by atoms with Gasteiger partial charge in [-0.2, -0.15) is 5.26 Å². The van der Waals surface area contributed by atoms with E-state index in [1.807, 2.05) is 13.1 Å². The highest BCUT2D eigenvalue weighted by molar-refractivity contribution is 7.89.